The predicted octanol–water partition coefficient (Wildman–Crippen LogP) is 8.17. The summed E-state index contributed by atoms with van der Waals surface area (Å²) in [5, 5.41) is 49.8. The highest BCUT2D eigenvalue weighted by atomic mass is 32.2. The number of methoxy groups -OCH3 is 1. The maximum absolute atomic E-state index is 13.2. The van der Waals surface area contributed by atoms with Gasteiger partial charge < -0.3 is 19.7 Å². The van der Waals surface area contributed by atoms with Crippen molar-refractivity contribution in [2.75, 3.05) is 19.5 Å². The summed E-state index contributed by atoms with van der Waals surface area (Å²) < 4.78 is 219. The van der Waals surface area contributed by atoms with Gasteiger partial charge in [0, 0.05) is 28.5 Å². The number of azo groups is 3. The van der Waals surface area contributed by atoms with Crippen molar-refractivity contribution in [3.8, 4) is 40.1 Å². The Hall–Kier alpha value is -7.86. The number of aromatic hydroxyl groups is 2. The highest BCUT2D eigenvalue weighted by Gasteiger charge is 2.30. The molecule has 0 unspecified atom stereocenters. The minimum atomic E-state index is -5.60. The summed E-state index contributed by atoms with van der Waals surface area (Å²) in [5.41, 5.74) is -3.25. The molecule has 0 aliphatic carbocycles. The van der Waals surface area contributed by atoms with Gasteiger partial charge in [-0.3, -0.25) is 27.3 Å². The fourth-order valence-corrected chi connectivity index (χ4v) is 12.1. The number of thiazole rings is 1. The van der Waals surface area contributed by atoms with Crippen molar-refractivity contribution in [1.82, 2.24) is 14.8 Å². The largest absolute Gasteiger partial charge is 0.505 e. The van der Waals surface area contributed by atoms with E-state index in [9.17, 15) is 88.0 Å². The number of ether oxygens (including phenoxy) is 2. The zero-order valence-corrected chi connectivity index (χ0v) is 46.2. The molecule has 426 valence electrons. The van der Waals surface area contributed by atoms with Crippen LogP contribution in [0.3, 0.4) is 0 Å². The third-order valence-electron chi connectivity index (χ3n) is 11.1. The van der Waals surface area contributed by atoms with Crippen LogP contribution >= 0.6 is 11.3 Å². The first kappa shape index (κ1) is 59.3. The summed E-state index contributed by atoms with van der Waals surface area (Å²) in [4.78, 5) is -1.11. The van der Waals surface area contributed by atoms with E-state index in [2.05, 4.69) is 40.8 Å². The van der Waals surface area contributed by atoms with Crippen molar-refractivity contribution in [2.24, 2.45) is 30.7 Å². The number of aryl methyl sites for hydroxylation is 1. The maximum Gasteiger partial charge on any atom is 0.298 e. The molecule has 2 heterocycles. The topological polar surface area (TPSA) is 490 Å². The van der Waals surface area contributed by atoms with Crippen LogP contribution in [-0.2, 0) is 60.7 Å². The molecular weight excluding hydrogens is 1220 g/mol. The molecule has 2 aromatic heterocycles. The number of phenolic OH excluding ortho intramolecular Hbond substituents is 1. The Morgan fingerprint density at radius 3 is 1.80 bits per heavy atom. The van der Waals surface area contributed by atoms with Crippen LogP contribution in [0.2, 0.25) is 0 Å². The number of nitrogens with zero attached hydrogens (tertiary/aromatic N) is 9. The molecule has 38 heteroatoms. The number of hydrogen-bond acceptors (Lipinski definition) is 25. The summed E-state index contributed by atoms with van der Waals surface area (Å²) in [6.07, 6.45) is -0.301. The van der Waals surface area contributed by atoms with Crippen LogP contribution in [0.25, 0.3) is 37.9 Å². The van der Waals surface area contributed by atoms with Crippen LogP contribution < -0.4 is 9.47 Å². The lowest BCUT2D eigenvalue weighted by Crippen LogP contribution is -2.08. The van der Waals surface area contributed by atoms with Crippen LogP contribution in [0.4, 0.5) is 33.6 Å². The van der Waals surface area contributed by atoms with Crippen LogP contribution in [-0.4, -0.2) is 122 Å². The minimum Gasteiger partial charge on any atom is -0.505 e. The molecule has 0 saturated carbocycles. The molecule has 6 aromatic carbocycles. The summed E-state index contributed by atoms with van der Waals surface area (Å²) in [6.45, 7) is 1.05. The third-order valence-corrected chi connectivity index (χ3v) is 17.1. The van der Waals surface area contributed by atoms with Crippen molar-refractivity contribution in [2.45, 2.75) is 37.8 Å². The molecule has 0 spiro atoms. The summed E-state index contributed by atoms with van der Waals surface area (Å²) in [5.74, 6) is -3.46. The van der Waals surface area contributed by atoms with Crippen LogP contribution in [0.1, 0.15) is 12.0 Å². The van der Waals surface area contributed by atoms with Gasteiger partial charge in [-0.25, -0.2) is 4.98 Å². The van der Waals surface area contributed by atoms with Gasteiger partial charge in [-0.15, -0.1) is 30.7 Å². The second-order valence-electron chi connectivity index (χ2n) is 16.6. The lowest BCUT2D eigenvalue weighted by molar-refractivity contribution is 0.317. The summed E-state index contributed by atoms with van der Waals surface area (Å²) in [6, 6.07) is 16.1. The lowest BCUT2D eigenvalue weighted by Gasteiger charge is -2.13. The Kier molecular flexibility index (Phi) is 16.0. The fourth-order valence-electron chi connectivity index (χ4n) is 7.48. The Balaban J connectivity index is 1.23. The SMILES string of the molecule is COc1cc2sc(N=Nc3cc(OCCCS(=O)(=O)O)c(N=Nc4c(S(=O)(=O)O)cc5c(S(=O)(=O)O)c(N=Nc6c(-c7ccccc7)nn(-c7cc(S(=O)(=O)O)cc(S(=O)(=O)O)c7)c6O)ccc5c4O)cc3C)nc2cc1S(=O)(=O)O. The minimum absolute atomic E-state index is 0.0233. The number of fused-ring (bicyclic) bond motifs is 2. The van der Waals surface area contributed by atoms with Gasteiger partial charge in [-0.2, -0.15) is 60.3 Å². The predicted molar refractivity (Wildman–Crippen MR) is 282 cm³/mol. The van der Waals surface area contributed by atoms with Crippen molar-refractivity contribution in [1.29, 1.82) is 0 Å². The molecule has 81 heavy (non-hydrogen) atoms. The zero-order valence-electron chi connectivity index (χ0n) is 40.5. The molecule has 8 aromatic rings. The summed E-state index contributed by atoms with van der Waals surface area (Å²) >= 11 is 0.938. The van der Waals surface area contributed by atoms with Gasteiger partial charge >= 0.3 is 0 Å². The van der Waals surface area contributed by atoms with E-state index in [0.29, 0.717) is 33.6 Å². The first-order valence-corrected chi connectivity index (χ1v) is 31.4. The van der Waals surface area contributed by atoms with E-state index >= 15 is 0 Å². The Morgan fingerprint density at radius 1 is 0.593 bits per heavy atom. The van der Waals surface area contributed by atoms with E-state index in [1.165, 1.54) is 56.5 Å². The van der Waals surface area contributed by atoms with E-state index < -0.39 is 143 Å². The van der Waals surface area contributed by atoms with Gasteiger partial charge in [0.2, 0.25) is 11.0 Å². The second-order valence-corrected chi connectivity index (χ2v) is 26.1. The molecule has 0 aliphatic heterocycles. The molecule has 0 bridgehead atoms. The smallest absolute Gasteiger partial charge is 0.298 e. The van der Waals surface area contributed by atoms with Crippen molar-refractivity contribution in [3.63, 3.8) is 0 Å². The quantitative estimate of drug-likeness (QED) is 0.0215. The molecule has 8 N–H and O–H groups in total. The highest BCUT2D eigenvalue weighted by molar-refractivity contribution is 7.87. The van der Waals surface area contributed by atoms with Crippen molar-refractivity contribution >= 4 is 127 Å². The van der Waals surface area contributed by atoms with E-state index in [-0.39, 0.29) is 56.8 Å². The Morgan fingerprint density at radius 2 is 1.21 bits per heavy atom. The van der Waals surface area contributed by atoms with Gasteiger partial charge in [0.15, 0.2) is 11.4 Å². The molecule has 0 atom stereocenters. The van der Waals surface area contributed by atoms with Crippen LogP contribution in [0.15, 0.2) is 146 Å². The van der Waals surface area contributed by atoms with Gasteiger partial charge in [-0.05, 0) is 67.4 Å². The summed E-state index contributed by atoms with van der Waals surface area (Å²) in [7, 11) is -29.6. The molecule has 0 saturated heterocycles. The van der Waals surface area contributed by atoms with Crippen molar-refractivity contribution in [3.05, 3.63) is 96.6 Å². The molecule has 0 aliphatic rings. The van der Waals surface area contributed by atoms with E-state index in [4.69, 9.17) is 9.47 Å². The second kappa shape index (κ2) is 21.9. The van der Waals surface area contributed by atoms with Crippen molar-refractivity contribution < 1.29 is 97.5 Å². The first-order valence-electron chi connectivity index (χ1n) is 21.8. The molecule has 8 rings (SSSR count). The average molecular weight is 1250 g/mol. The average Bonchev–Trinajstić information content (AvgIpc) is 4.03. The van der Waals surface area contributed by atoms with Crippen LogP contribution in [0, 0.1) is 6.92 Å². The monoisotopic (exact) mass is 1250 g/mol. The number of rotatable bonds is 19. The molecule has 0 fully saturated rings. The number of benzene rings is 6. The third kappa shape index (κ3) is 13.2. The Labute approximate surface area is 460 Å². The van der Waals surface area contributed by atoms with Gasteiger partial charge in [0.05, 0.1) is 50.9 Å². The highest BCUT2D eigenvalue weighted by Crippen LogP contribution is 2.48. The number of aromatic nitrogens is 3. The number of phenols is 1. The van der Waals surface area contributed by atoms with E-state index in [0.717, 1.165) is 29.5 Å². The van der Waals surface area contributed by atoms with Gasteiger partial charge in [0.1, 0.15) is 48.9 Å². The van der Waals surface area contributed by atoms with Gasteiger partial charge in [0.25, 0.3) is 60.7 Å². The standard InChI is InChI=1S/C43H35N9O22S7/c1-21-13-30(32(74-11-6-12-76(55,56)57)18-29(21)46-50-43-44-31-19-35(79(64,65)66)33(73-2)20-34(31)75-43)47-48-38-36(80(67,68)69)17-27-26(40(38)53)9-10-28(41(27)81(70,71)72)45-49-39-37(22-7-4-3-5-8-22)51-52(42(39)54)23-14-24(77(58,59)60)16-25(15-23)78(61,62)63/h3-5,7-10,13-20,53-54H,6,11-12H2,1-2H3,(H,55,56,57)(H,58,59,60)(H,61,62,63)(H,64,65,66)(H,67,68,69)(H,70,71,72). The molecule has 31 nitrogen and oxygen atoms in total. The molecular formula is C43H35N9O22S7. The Bertz CT molecular complexity index is 4680. The van der Waals surface area contributed by atoms with Gasteiger partial charge in [-0.1, -0.05) is 41.7 Å². The molecule has 0 radical (unpaired) electrons. The zero-order chi connectivity index (χ0) is 59.4. The fraction of sp³-hybridized carbons (Fsp3) is 0.116. The normalized spacial score (nSPS) is 13.1. The van der Waals surface area contributed by atoms with E-state index in [1.54, 1.807) is 6.07 Å². The van der Waals surface area contributed by atoms with Crippen LogP contribution in [0.5, 0.6) is 23.1 Å². The number of hydrogen-bond donors (Lipinski definition) is 8. The molecule has 0 amide bonds. The first-order chi connectivity index (χ1) is 37.6. The lowest BCUT2D eigenvalue weighted by atomic mass is 10.1. The van der Waals surface area contributed by atoms with E-state index in [1.807, 2.05) is 0 Å². The maximum atomic E-state index is 13.2.